The third kappa shape index (κ3) is 3.31. The normalized spacial score (nSPS) is 11.2. The molecule has 106 valence electrons. The number of aliphatic hydroxyl groups is 1. The van der Waals surface area contributed by atoms with E-state index in [-0.39, 0.29) is 24.0 Å². The molecular weight excluding hydrogens is 250 g/mol. The van der Waals surface area contributed by atoms with Crippen LogP contribution in [-0.2, 0) is 0 Å². The fourth-order valence-electron chi connectivity index (χ4n) is 1.73. The van der Waals surface area contributed by atoms with Crippen molar-refractivity contribution in [3.05, 3.63) is 22.2 Å². The maximum absolute atomic E-state index is 11.0. The topological polar surface area (TPSA) is 97.5 Å². The second-order valence-electron chi connectivity index (χ2n) is 4.25. The van der Waals surface area contributed by atoms with Crippen molar-refractivity contribution in [2.24, 2.45) is 0 Å². The lowest BCUT2D eigenvalue weighted by Gasteiger charge is -2.31. The fourth-order valence-corrected chi connectivity index (χ4v) is 1.73. The van der Waals surface area contributed by atoms with Crippen LogP contribution in [0.4, 0.5) is 11.5 Å². The van der Waals surface area contributed by atoms with E-state index in [1.165, 1.54) is 19.2 Å². The summed E-state index contributed by atoms with van der Waals surface area (Å²) in [6, 6.07) is 2.77. The number of hydrogen-bond acceptors (Lipinski definition) is 6. The molecule has 0 fully saturated rings. The molecule has 19 heavy (non-hydrogen) atoms. The lowest BCUT2D eigenvalue weighted by atomic mass is 9.94. The molecule has 0 aromatic carbocycles. The van der Waals surface area contributed by atoms with Crippen molar-refractivity contribution < 1.29 is 14.8 Å². The number of ether oxygens (including phenoxy) is 1. The van der Waals surface area contributed by atoms with Gasteiger partial charge in [-0.1, -0.05) is 13.8 Å². The molecular formula is C12H19N3O4. The van der Waals surface area contributed by atoms with Crippen molar-refractivity contribution in [3.63, 3.8) is 0 Å². The molecule has 0 unspecified atom stereocenters. The van der Waals surface area contributed by atoms with E-state index in [0.29, 0.717) is 12.8 Å². The standard InChI is InChI=1S/C12H19N3O4/c1-4-12(5-2,8-16)14-11-9(15(17)18)6-7-10(13-11)19-3/h6-7,16H,4-5,8H2,1-3H3,(H,13,14). The van der Waals surface area contributed by atoms with Crippen LogP contribution in [0.3, 0.4) is 0 Å². The number of nitrogens with zero attached hydrogens (tertiary/aromatic N) is 2. The van der Waals surface area contributed by atoms with Gasteiger partial charge in [-0.25, -0.2) is 0 Å². The Morgan fingerprint density at radius 1 is 1.47 bits per heavy atom. The Kier molecular flexibility index (Phi) is 5.05. The minimum absolute atomic E-state index is 0.113. The Hall–Kier alpha value is -1.89. The first-order chi connectivity index (χ1) is 9.01. The van der Waals surface area contributed by atoms with Crippen molar-refractivity contribution in [2.45, 2.75) is 32.2 Å². The zero-order valence-corrected chi connectivity index (χ0v) is 11.3. The third-order valence-corrected chi connectivity index (χ3v) is 3.29. The summed E-state index contributed by atoms with van der Waals surface area (Å²) in [7, 11) is 1.44. The van der Waals surface area contributed by atoms with Crippen LogP contribution in [0.5, 0.6) is 5.88 Å². The number of hydrogen-bond donors (Lipinski definition) is 2. The molecule has 1 rings (SSSR count). The highest BCUT2D eigenvalue weighted by atomic mass is 16.6. The highest BCUT2D eigenvalue weighted by Crippen LogP contribution is 2.29. The van der Waals surface area contributed by atoms with Gasteiger partial charge < -0.3 is 15.2 Å². The van der Waals surface area contributed by atoms with E-state index >= 15 is 0 Å². The van der Waals surface area contributed by atoms with Gasteiger partial charge in [0.05, 0.1) is 24.2 Å². The largest absolute Gasteiger partial charge is 0.481 e. The highest BCUT2D eigenvalue weighted by Gasteiger charge is 2.29. The first kappa shape index (κ1) is 15.2. The van der Waals surface area contributed by atoms with E-state index < -0.39 is 10.5 Å². The van der Waals surface area contributed by atoms with Crippen LogP contribution in [-0.4, -0.2) is 34.3 Å². The summed E-state index contributed by atoms with van der Waals surface area (Å²) >= 11 is 0. The first-order valence-corrected chi connectivity index (χ1v) is 6.10. The molecule has 1 aromatic rings. The maximum Gasteiger partial charge on any atom is 0.311 e. The summed E-state index contributed by atoms with van der Waals surface area (Å²) in [6.07, 6.45) is 1.24. The van der Waals surface area contributed by atoms with E-state index in [9.17, 15) is 15.2 Å². The summed E-state index contributed by atoms with van der Waals surface area (Å²) in [5.74, 6) is 0.397. The highest BCUT2D eigenvalue weighted by molar-refractivity contribution is 5.58. The minimum Gasteiger partial charge on any atom is -0.481 e. The van der Waals surface area contributed by atoms with Crippen molar-refractivity contribution in [2.75, 3.05) is 19.0 Å². The Bertz CT molecular complexity index is 438. The Balaban J connectivity index is 3.19. The predicted molar refractivity (Wildman–Crippen MR) is 71.5 cm³/mol. The molecule has 0 aliphatic carbocycles. The van der Waals surface area contributed by atoms with E-state index in [4.69, 9.17) is 4.74 Å². The van der Waals surface area contributed by atoms with Gasteiger partial charge in [0.2, 0.25) is 11.7 Å². The number of anilines is 1. The molecule has 7 heteroatoms. The van der Waals surface area contributed by atoms with Crippen molar-refractivity contribution in [3.8, 4) is 5.88 Å². The molecule has 0 aliphatic heterocycles. The molecule has 1 heterocycles. The average Bonchev–Trinajstić information content (AvgIpc) is 2.44. The number of aliphatic hydroxyl groups excluding tert-OH is 1. The predicted octanol–water partition coefficient (Wildman–Crippen LogP) is 1.96. The van der Waals surface area contributed by atoms with E-state index in [2.05, 4.69) is 10.3 Å². The summed E-state index contributed by atoms with van der Waals surface area (Å²) < 4.78 is 4.97. The van der Waals surface area contributed by atoms with Gasteiger partial charge in [0.25, 0.3) is 0 Å². The molecule has 0 radical (unpaired) electrons. The molecule has 2 N–H and O–H groups in total. The second-order valence-corrected chi connectivity index (χ2v) is 4.25. The van der Waals surface area contributed by atoms with Crippen molar-refractivity contribution in [1.82, 2.24) is 4.98 Å². The molecule has 0 aliphatic rings. The zero-order valence-electron chi connectivity index (χ0n) is 11.3. The van der Waals surface area contributed by atoms with Crippen LogP contribution >= 0.6 is 0 Å². The first-order valence-electron chi connectivity index (χ1n) is 6.10. The molecule has 0 spiro atoms. The number of rotatable bonds is 7. The minimum atomic E-state index is -0.621. The second kappa shape index (κ2) is 6.33. The van der Waals surface area contributed by atoms with Crippen molar-refractivity contribution in [1.29, 1.82) is 0 Å². The summed E-state index contributed by atoms with van der Waals surface area (Å²) in [5.41, 5.74) is -0.759. The van der Waals surface area contributed by atoms with Gasteiger partial charge in [0.1, 0.15) is 0 Å². The summed E-state index contributed by atoms with van der Waals surface area (Å²) in [6.45, 7) is 3.67. The van der Waals surface area contributed by atoms with Gasteiger partial charge in [0.15, 0.2) is 0 Å². The van der Waals surface area contributed by atoms with E-state index in [1.807, 2.05) is 13.8 Å². The lowest BCUT2D eigenvalue weighted by molar-refractivity contribution is -0.384. The molecule has 1 aromatic heterocycles. The van der Waals surface area contributed by atoms with Gasteiger partial charge in [-0.3, -0.25) is 10.1 Å². The third-order valence-electron chi connectivity index (χ3n) is 3.29. The van der Waals surface area contributed by atoms with Gasteiger partial charge >= 0.3 is 5.69 Å². The SMILES string of the molecule is CCC(CC)(CO)Nc1nc(OC)ccc1[N+](=O)[O-]. The van der Waals surface area contributed by atoms with Gasteiger partial charge in [-0.15, -0.1) is 0 Å². The number of aromatic nitrogens is 1. The zero-order chi connectivity index (χ0) is 14.5. The van der Waals surface area contributed by atoms with E-state index in [0.717, 1.165) is 0 Å². The monoisotopic (exact) mass is 269 g/mol. The smallest absolute Gasteiger partial charge is 0.311 e. The Labute approximate surface area is 111 Å². The molecule has 0 saturated heterocycles. The van der Waals surface area contributed by atoms with Crippen LogP contribution in [0.25, 0.3) is 0 Å². The molecule has 7 nitrogen and oxygen atoms in total. The molecule has 0 atom stereocenters. The number of nitro groups is 1. The number of nitrogens with one attached hydrogen (secondary N) is 1. The van der Waals surface area contributed by atoms with Gasteiger partial charge in [-0.05, 0) is 12.8 Å². The van der Waals surface area contributed by atoms with Crippen LogP contribution in [0.2, 0.25) is 0 Å². The van der Waals surface area contributed by atoms with Crippen LogP contribution in [0.15, 0.2) is 12.1 Å². The van der Waals surface area contributed by atoms with Gasteiger partial charge in [-0.2, -0.15) is 4.98 Å². The summed E-state index contributed by atoms with van der Waals surface area (Å²) in [5, 5.41) is 23.5. The average molecular weight is 269 g/mol. The maximum atomic E-state index is 11.0. The number of pyridine rings is 1. The molecule has 0 amide bonds. The van der Waals surface area contributed by atoms with E-state index in [1.54, 1.807) is 0 Å². The van der Waals surface area contributed by atoms with Crippen LogP contribution < -0.4 is 10.1 Å². The van der Waals surface area contributed by atoms with Crippen LogP contribution in [0, 0.1) is 10.1 Å². The quantitative estimate of drug-likeness (QED) is 0.580. The van der Waals surface area contributed by atoms with Crippen molar-refractivity contribution >= 4 is 11.5 Å². The van der Waals surface area contributed by atoms with Gasteiger partial charge in [0, 0.05) is 12.1 Å². The number of methoxy groups -OCH3 is 1. The fraction of sp³-hybridized carbons (Fsp3) is 0.583. The summed E-state index contributed by atoms with van der Waals surface area (Å²) in [4.78, 5) is 14.5. The Morgan fingerprint density at radius 3 is 2.53 bits per heavy atom. The molecule has 0 bridgehead atoms. The lowest BCUT2D eigenvalue weighted by Crippen LogP contribution is -2.41. The Morgan fingerprint density at radius 2 is 2.11 bits per heavy atom. The van der Waals surface area contributed by atoms with Crippen LogP contribution in [0.1, 0.15) is 26.7 Å². The molecule has 0 saturated carbocycles.